The van der Waals surface area contributed by atoms with Crippen LogP contribution in [0.25, 0.3) is 0 Å². The van der Waals surface area contributed by atoms with E-state index in [1.807, 2.05) is 35.2 Å². The highest BCUT2D eigenvalue weighted by Gasteiger charge is 2.25. The maximum atomic E-state index is 12.5. The average Bonchev–Trinajstić information content (AvgIpc) is 3.16. The number of piperidine rings is 1. The van der Waals surface area contributed by atoms with Gasteiger partial charge in [0, 0.05) is 30.3 Å². The molecule has 6 nitrogen and oxygen atoms in total. The van der Waals surface area contributed by atoms with E-state index in [2.05, 4.69) is 5.32 Å². The third-order valence-corrected chi connectivity index (χ3v) is 4.77. The molecule has 2 aliphatic heterocycles. The molecule has 0 saturated carbocycles. The van der Waals surface area contributed by atoms with E-state index in [1.165, 1.54) is 0 Å². The molecule has 2 aromatic rings. The Morgan fingerprint density at radius 1 is 0.923 bits per heavy atom. The lowest BCUT2D eigenvalue weighted by Crippen LogP contribution is -2.46. The Balaban J connectivity index is 1.32. The number of hydrogen-bond acceptors (Lipinski definition) is 4. The minimum atomic E-state index is -0.129. The van der Waals surface area contributed by atoms with Crippen molar-refractivity contribution in [1.29, 1.82) is 0 Å². The van der Waals surface area contributed by atoms with Crippen LogP contribution >= 0.6 is 0 Å². The summed E-state index contributed by atoms with van der Waals surface area (Å²) in [5.74, 6) is 1.18. The Labute approximate surface area is 151 Å². The Hall–Kier alpha value is -3.02. The number of ether oxygens (including phenoxy) is 2. The number of fused-ring (bicyclic) bond motifs is 1. The number of carbonyl (C=O) groups is 2. The quantitative estimate of drug-likeness (QED) is 0.921. The van der Waals surface area contributed by atoms with E-state index in [4.69, 9.17) is 9.47 Å². The third kappa shape index (κ3) is 3.35. The number of nitrogens with one attached hydrogen (secondary N) is 1. The van der Waals surface area contributed by atoms with E-state index in [1.54, 1.807) is 18.2 Å². The van der Waals surface area contributed by atoms with Gasteiger partial charge in [0.05, 0.1) is 0 Å². The molecule has 2 aliphatic rings. The summed E-state index contributed by atoms with van der Waals surface area (Å²) in [5.41, 5.74) is 1.26. The van der Waals surface area contributed by atoms with Crippen molar-refractivity contribution in [2.24, 2.45) is 0 Å². The van der Waals surface area contributed by atoms with Gasteiger partial charge in [-0.2, -0.15) is 0 Å². The summed E-state index contributed by atoms with van der Waals surface area (Å²) in [6.07, 6.45) is 1.49. The van der Waals surface area contributed by atoms with Gasteiger partial charge in [0.25, 0.3) is 11.8 Å². The lowest BCUT2D eigenvalue weighted by atomic mass is 10.0. The van der Waals surface area contributed by atoms with Crippen LogP contribution in [-0.2, 0) is 0 Å². The van der Waals surface area contributed by atoms with E-state index < -0.39 is 0 Å². The van der Waals surface area contributed by atoms with E-state index in [0.717, 1.165) is 12.8 Å². The van der Waals surface area contributed by atoms with Crippen molar-refractivity contribution in [1.82, 2.24) is 10.2 Å². The molecule has 2 amide bonds. The summed E-state index contributed by atoms with van der Waals surface area (Å²) in [6, 6.07) is 14.5. The van der Waals surface area contributed by atoms with E-state index in [0.29, 0.717) is 35.7 Å². The normalized spacial score (nSPS) is 16.4. The number of carbonyl (C=O) groups excluding carboxylic acids is 2. The second-order valence-corrected chi connectivity index (χ2v) is 6.47. The highest BCUT2D eigenvalue weighted by molar-refractivity contribution is 5.95. The predicted molar refractivity (Wildman–Crippen MR) is 95.4 cm³/mol. The molecular formula is C20H20N2O4. The summed E-state index contributed by atoms with van der Waals surface area (Å²) >= 11 is 0. The molecule has 0 unspecified atom stereocenters. The Bertz CT molecular complexity index is 814. The first-order valence-electron chi connectivity index (χ1n) is 8.75. The van der Waals surface area contributed by atoms with Crippen molar-refractivity contribution < 1.29 is 19.1 Å². The van der Waals surface area contributed by atoms with Crippen LogP contribution in [0.2, 0.25) is 0 Å². The summed E-state index contributed by atoms with van der Waals surface area (Å²) in [6.45, 7) is 1.47. The summed E-state index contributed by atoms with van der Waals surface area (Å²) in [5, 5.41) is 3.05. The van der Waals surface area contributed by atoms with Crippen LogP contribution in [0.3, 0.4) is 0 Å². The molecule has 26 heavy (non-hydrogen) atoms. The maximum absolute atomic E-state index is 12.5. The standard InChI is InChI=1S/C20H20N2O4/c23-19(15-6-7-17-18(12-15)26-13-25-17)21-16-8-10-22(11-9-16)20(24)14-4-2-1-3-5-14/h1-7,12,16H,8-11,13H2,(H,21,23). The number of nitrogens with zero attached hydrogens (tertiary/aromatic N) is 1. The fourth-order valence-electron chi connectivity index (χ4n) is 3.30. The van der Waals surface area contributed by atoms with Crippen LogP contribution in [0, 0.1) is 0 Å². The van der Waals surface area contributed by atoms with Crippen molar-refractivity contribution in [3.63, 3.8) is 0 Å². The zero-order valence-corrected chi connectivity index (χ0v) is 14.3. The fourth-order valence-corrected chi connectivity index (χ4v) is 3.30. The van der Waals surface area contributed by atoms with E-state index in [9.17, 15) is 9.59 Å². The van der Waals surface area contributed by atoms with Crippen LogP contribution in [0.15, 0.2) is 48.5 Å². The largest absolute Gasteiger partial charge is 0.454 e. The van der Waals surface area contributed by atoms with Crippen LogP contribution in [0.1, 0.15) is 33.6 Å². The van der Waals surface area contributed by atoms with Crippen molar-refractivity contribution in [2.45, 2.75) is 18.9 Å². The van der Waals surface area contributed by atoms with Crippen molar-refractivity contribution >= 4 is 11.8 Å². The minimum Gasteiger partial charge on any atom is -0.454 e. The van der Waals surface area contributed by atoms with Gasteiger partial charge in [0.2, 0.25) is 6.79 Å². The number of rotatable bonds is 3. The number of benzene rings is 2. The van der Waals surface area contributed by atoms with E-state index >= 15 is 0 Å². The molecule has 4 rings (SSSR count). The fraction of sp³-hybridized carbons (Fsp3) is 0.300. The predicted octanol–water partition coefficient (Wildman–Crippen LogP) is 2.45. The van der Waals surface area contributed by atoms with E-state index in [-0.39, 0.29) is 24.6 Å². The first-order chi connectivity index (χ1) is 12.7. The Kier molecular flexibility index (Phi) is 4.48. The lowest BCUT2D eigenvalue weighted by molar-refractivity contribution is 0.0698. The SMILES string of the molecule is O=C(NC1CCN(C(=O)c2ccccc2)CC1)c1ccc2c(c1)OCO2. The van der Waals surface area contributed by atoms with Gasteiger partial charge in [-0.3, -0.25) is 9.59 Å². The van der Waals surface area contributed by atoms with Crippen LogP contribution in [-0.4, -0.2) is 42.6 Å². The van der Waals surface area contributed by atoms with Crippen LogP contribution < -0.4 is 14.8 Å². The molecule has 0 spiro atoms. The molecule has 134 valence electrons. The number of hydrogen-bond donors (Lipinski definition) is 1. The first kappa shape index (κ1) is 16.4. The summed E-state index contributed by atoms with van der Waals surface area (Å²) < 4.78 is 10.6. The summed E-state index contributed by atoms with van der Waals surface area (Å²) in [7, 11) is 0. The molecule has 1 fully saturated rings. The van der Waals surface area contributed by atoms with Crippen LogP contribution in [0.5, 0.6) is 11.5 Å². The van der Waals surface area contributed by atoms with Crippen molar-refractivity contribution in [3.05, 3.63) is 59.7 Å². The summed E-state index contributed by atoms with van der Waals surface area (Å²) in [4.78, 5) is 26.8. The molecule has 2 heterocycles. The van der Waals surface area contributed by atoms with Gasteiger partial charge in [-0.05, 0) is 43.2 Å². The molecule has 0 aromatic heterocycles. The second kappa shape index (κ2) is 7.07. The second-order valence-electron chi connectivity index (χ2n) is 6.47. The van der Waals surface area contributed by atoms with Gasteiger partial charge in [-0.25, -0.2) is 0 Å². The highest BCUT2D eigenvalue weighted by Crippen LogP contribution is 2.32. The minimum absolute atomic E-state index is 0.0474. The van der Waals surface area contributed by atoms with Gasteiger partial charge < -0.3 is 19.7 Å². The Morgan fingerprint density at radius 3 is 2.42 bits per heavy atom. The average molecular weight is 352 g/mol. The Morgan fingerprint density at radius 2 is 1.65 bits per heavy atom. The lowest BCUT2D eigenvalue weighted by Gasteiger charge is -2.32. The van der Waals surface area contributed by atoms with Gasteiger partial charge in [-0.15, -0.1) is 0 Å². The first-order valence-corrected chi connectivity index (χ1v) is 8.75. The molecule has 0 atom stereocenters. The molecule has 6 heteroatoms. The van der Waals surface area contributed by atoms with Crippen LogP contribution in [0.4, 0.5) is 0 Å². The smallest absolute Gasteiger partial charge is 0.253 e. The topological polar surface area (TPSA) is 67.9 Å². The molecular weight excluding hydrogens is 332 g/mol. The highest BCUT2D eigenvalue weighted by atomic mass is 16.7. The van der Waals surface area contributed by atoms with Gasteiger partial charge in [0.1, 0.15) is 0 Å². The molecule has 1 saturated heterocycles. The monoisotopic (exact) mass is 352 g/mol. The number of likely N-dealkylation sites (tertiary alicyclic amines) is 1. The van der Waals surface area contributed by atoms with Gasteiger partial charge >= 0.3 is 0 Å². The molecule has 2 aromatic carbocycles. The molecule has 0 aliphatic carbocycles. The van der Waals surface area contributed by atoms with Crippen molar-refractivity contribution in [2.75, 3.05) is 19.9 Å². The van der Waals surface area contributed by atoms with Gasteiger partial charge in [0.15, 0.2) is 11.5 Å². The zero-order chi connectivity index (χ0) is 17.9. The van der Waals surface area contributed by atoms with Crippen molar-refractivity contribution in [3.8, 4) is 11.5 Å². The van der Waals surface area contributed by atoms with Gasteiger partial charge in [-0.1, -0.05) is 18.2 Å². The zero-order valence-electron chi connectivity index (χ0n) is 14.3. The number of amides is 2. The molecule has 1 N–H and O–H groups in total. The third-order valence-electron chi connectivity index (χ3n) is 4.77. The molecule has 0 radical (unpaired) electrons. The molecule has 0 bridgehead atoms. The maximum Gasteiger partial charge on any atom is 0.253 e.